The molecule has 0 fully saturated rings. The van der Waals surface area contributed by atoms with Crippen LogP contribution in [-0.4, -0.2) is 6.16 Å². The summed E-state index contributed by atoms with van der Waals surface area (Å²) in [5, 5.41) is 1.51. The molecule has 0 spiro atoms. The molecule has 1 aliphatic rings. The highest BCUT2D eigenvalue weighted by Crippen LogP contribution is 2.23. The molecular formula is C13H17P. The van der Waals surface area contributed by atoms with Gasteiger partial charge in [-0.25, -0.2) is 0 Å². The number of allylic oxidation sites excluding steroid dienone is 2. The number of rotatable bonds is 4. The van der Waals surface area contributed by atoms with Crippen molar-refractivity contribution >= 4 is 13.9 Å². The van der Waals surface area contributed by atoms with Crippen molar-refractivity contribution in [1.82, 2.24) is 0 Å². The highest BCUT2D eigenvalue weighted by molar-refractivity contribution is 7.47. The molecule has 0 heterocycles. The van der Waals surface area contributed by atoms with Crippen LogP contribution in [0.3, 0.4) is 0 Å². The Kier molecular flexibility index (Phi) is 3.77. The van der Waals surface area contributed by atoms with Crippen molar-refractivity contribution in [3.8, 4) is 0 Å². The first-order chi connectivity index (χ1) is 6.95. The van der Waals surface area contributed by atoms with Gasteiger partial charge in [0, 0.05) is 0 Å². The summed E-state index contributed by atoms with van der Waals surface area (Å²) in [7, 11) is 0.997. The third kappa shape index (κ3) is 2.96. The Morgan fingerprint density at radius 1 is 1.21 bits per heavy atom. The van der Waals surface area contributed by atoms with Crippen molar-refractivity contribution in [3.05, 3.63) is 42.5 Å². The van der Waals surface area contributed by atoms with Gasteiger partial charge in [0.05, 0.1) is 0 Å². The normalized spacial score (nSPS) is 21.0. The second-order valence-electron chi connectivity index (χ2n) is 3.85. The number of hydrogen-bond donors (Lipinski definition) is 0. The van der Waals surface area contributed by atoms with Crippen LogP contribution in [0.4, 0.5) is 0 Å². The van der Waals surface area contributed by atoms with Gasteiger partial charge in [-0.1, -0.05) is 51.1 Å². The molecule has 74 valence electrons. The molecule has 2 atom stereocenters. The van der Waals surface area contributed by atoms with Gasteiger partial charge >= 0.3 is 0 Å². The van der Waals surface area contributed by atoms with E-state index >= 15 is 0 Å². The zero-order valence-corrected chi connectivity index (χ0v) is 9.45. The maximum atomic E-state index is 2.40. The van der Waals surface area contributed by atoms with Gasteiger partial charge in [-0.05, 0) is 36.6 Å². The minimum absolute atomic E-state index is 0.881. The smallest absolute Gasteiger partial charge is 0.0227 e. The Morgan fingerprint density at radius 2 is 2.07 bits per heavy atom. The topological polar surface area (TPSA) is 0 Å². The van der Waals surface area contributed by atoms with E-state index in [2.05, 4.69) is 42.5 Å². The van der Waals surface area contributed by atoms with Gasteiger partial charge < -0.3 is 0 Å². The summed E-state index contributed by atoms with van der Waals surface area (Å²) in [6.45, 7) is 0. The summed E-state index contributed by atoms with van der Waals surface area (Å²) in [6.07, 6.45) is 10.2. The average molecular weight is 204 g/mol. The van der Waals surface area contributed by atoms with Gasteiger partial charge in [0.15, 0.2) is 0 Å². The van der Waals surface area contributed by atoms with E-state index in [1.807, 2.05) is 0 Å². The molecule has 2 unspecified atom stereocenters. The third-order valence-electron chi connectivity index (χ3n) is 2.73. The molecule has 2 rings (SSSR count). The van der Waals surface area contributed by atoms with E-state index in [1.165, 1.54) is 30.7 Å². The van der Waals surface area contributed by atoms with Crippen molar-refractivity contribution < 1.29 is 0 Å². The van der Waals surface area contributed by atoms with Gasteiger partial charge in [0.2, 0.25) is 0 Å². The maximum Gasteiger partial charge on any atom is -0.0227 e. The summed E-state index contributed by atoms with van der Waals surface area (Å²) in [5.74, 6) is 0.881. The predicted molar refractivity (Wildman–Crippen MR) is 65.7 cm³/mol. The molecule has 0 saturated carbocycles. The quantitative estimate of drug-likeness (QED) is 0.521. The molecule has 1 heteroatoms. The molecule has 1 aromatic rings. The zero-order chi connectivity index (χ0) is 9.64. The molecule has 0 saturated heterocycles. The van der Waals surface area contributed by atoms with Crippen LogP contribution in [0.15, 0.2) is 42.5 Å². The first-order valence-electron chi connectivity index (χ1n) is 5.41. The van der Waals surface area contributed by atoms with Crippen LogP contribution < -0.4 is 5.30 Å². The second kappa shape index (κ2) is 5.32. The highest BCUT2D eigenvalue weighted by Gasteiger charge is 2.07. The Hall–Kier alpha value is -0.610. The maximum absolute atomic E-state index is 2.40. The van der Waals surface area contributed by atoms with Crippen molar-refractivity contribution in [2.45, 2.75) is 19.3 Å². The first kappa shape index (κ1) is 9.93. The van der Waals surface area contributed by atoms with Gasteiger partial charge in [0.1, 0.15) is 0 Å². The summed E-state index contributed by atoms with van der Waals surface area (Å²) in [4.78, 5) is 0. The number of benzene rings is 1. The summed E-state index contributed by atoms with van der Waals surface area (Å²) >= 11 is 0. The molecule has 0 radical (unpaired) electrons. The van der Waals surface area contributed by atoms with Crippen LogP contribution in [-0.2, 0) is 0 Å². The predicted octanol–water partition coefficient (Wildman–Crippen LogP) is 3.35. The van der Waals surface area contributed by atoms with Gasteiger partial charge in [-0.15, -0.1) is 0 Å². The van der Waals surface area contributed by atoms with E-state index in [9.17, 15) is 0 Å². The van der Waals surface area contributed by atoms with E-state index in [4.69, 9.17) is 0 Å². The highest BCUT2D eigenvalue weighted by atomic mass is 31.1. The Bertz CT molecular complexity index is 289. The SMILES string of the molecule is C1=CC(CCPc2ccccc2)CC1. The van der Waals surface area contributed by atoms with Gasteiger partial charge in [-0.2, -0.15) is 0 Å². The molecule has 0 N–H and O–H groups in total. The lowest BCUT2D eigenvalue weighted by Crippen LogP contribution is -1.97. The van der Waals surface area contributed by atoms with Gasteiger partial charge in [0.25, 0.3) is 0 Å². The van der Waals surface area contributed by atoms with E-state index in [0.717, 1.165) is 14.5 Å². The molecule has 0 nitrogen and oxygen atoms in total. The summed E-state index contributed by atoms with van der Waals surface area (Å²) in [6, 6.07) is 10.8. The van der Waals surface area contributed by atoms with E-state index in [1.54, 1.807) is 0 Å². The summed E-state index contributed by atoms with van der Waals surface area (Å²) < 4.78 is 0. The molecule has 1 aliphatic carbocycles. The van der Waals surface area contributed by atoms with Crippen molar-refractivity contribution in [3.63, 3.8) is 0 Å². The Labute approximate surface area is 88.2 Å². The fraction of sp³-hybridized carbons (Fsp3) is 0.385. The van der Waals surface area contributed by atoms with Crippen LogP contribution in [0.5, 0.6) is 0 Å². The van der Waals surface area contributed by atoms with Crippen molar-refractivity contribution in [2.24, 2.45) is 5.92 Å². The standard InChI is InChI=1S/C13H17P/c1-2-8-13(9-3-1)14-11-10-12-6-4-5-7-12/h1-4,6,8-9,12,14H,5,7,10-11H2. The fourth-order valence-corrected chi connectivity index (χ4v) is 3.13. The largest absolute Gasteiger partial charge is 0.0904 e. The molecule has 0 bridgehead atoms. The minimum Gasteiger partial charge on any atom is -0.0904 e. The molecular weight excluding hydrogens is 187 g/mol. The summed E-state index contributed by atoms with van der Waals surface area (Å²) in [5.41, 5.74) is 0. The van der Waals surface area contributed by atoms with E-state index < -0.39 is 0 Å². The van der Waals surface area contributed by atoms with Crippen molar-refractivity contribution in [2.75, 3.05) is 6.16 Å². The molecule has 0 amide bonds. The van der Waals surface area contributed by atoms with Crippen LogP contribution in [0, 0.1) is 5.92 Å². The second-order valence-corrected chi connectivity index (χ2v) is 5.28. The third-order valence-corrected chi connectivity index (χ3v) is 4.01. The van der Waals surface area contributed by atoms with Gasteiger partial charge in [-0.3, -0.25) is 0 Å². The lowest BCUT2D eigenvalue weighted by molar-refractivity contribution is 0.617. The van der Waals surface area contributed by atoms with Crippen molar-refractivity contribution in [1.29, 1.82) is 0 Å². The monoisotopic (exact) mass is 204 g/mol. The Balaban J connectivity index is 1.70. The zero-order valence-electron chi connectivity index (χ0n) is 8.45. The Morgan fingerprint density at radius 3 is 2.79 bits per heavy atom. The first-order valence-corrected chi connectivity index (χ1v) is 6.61. The van der Waals surface area contributed by atoms with E-state index in [0.29, 0.717) is 0 Å². The molecule has 0 aromatic heterocycles. The molecule has 0 aliphatic heterocycles. The van der Waals surface area contributed by atoms with Crippen LogP contribution in [0.25, 0.3) is 0 Å². The van der Waals surface area contributed by atoms with Crippen LogP contribution >= 0.6 is 8.58 Å². The number of hydrogen-bond acceptors (Lipinski definition) is 0. The fourth-order valence-electron chi connectivity index (χ4n) is 1.89. The average Bonchev–Trinajstić information content (AvgIpc) is 2.72. The minimum atomic E-state index is 0.881. The lowest BCUT2D eigenvalue weighted by Gasteiger charge is -2.06. The van der Waals surface area contributed by atoms with Crippen LogP contribution in [0.1, 0.15) is 19.3 Å². The van der Waals surface area contributed by atoms with E-state index in [-0.39, 0.29) is 0 Å². The molecule has 14 heavy (non-hydrogen) atoms. The van der Waals surface area contributed by atoms with Crippen LogP contribution in [0.2, 0.25) is 0 Å². The lowest BCUT2D eigenvalue weighted by atomic mass is 10.1. The molecule has 1 aromatic carbocycles.